The Morgan fingerprint density at radius 2 is 1.81 bits per heavy atom. The van der Waals surface area contributed by atoms with Crippen molar-refractivity contribution in [2.24, 2.45) is 5.92 Å². The summed E-state index contributed by atoms with van der Waals surface area (Å²) >= 11 is 6.77. The second kappa shape index (κ2) is 18.7. The zero-order valence-corrected chi connectivity index (χ0v) is 35.6. The highest BCUT2D eigenvalue weighted by atomic mass is 35.5. The monoisotopic (exact) mass is 842 g/mol. The second-order valence-electron chi connectivity index (χ2n) is 15.9. The molecule has 5 rings (SSSR count). The Balaban J connectivity index is 1.39. The summed E-state index contributed by atoms with van der Waals surface area (Å²) in [6.07, 6.45) is 4.78. The third-order valence-corrected chi connectivity index (χ3v) is 12.1. The minimum absolute atomic E-state index is 0.0761. The molecule has 4 aliphatic heterocycles. The van der Waals surface area contributed by atoms with Gasteiger partial charge in [0.05, 0.1) is 25.3 Å². The molecule has 8 atom stereocenters. The summed E-state index contributed by atoms with van der Waals surface area (Å²) in [6, 6.07) is 2.50. The number of epoxide rings is 1. The quantitative estimate of drug-likeness (QED) is 0.141. The molecule has 0 unspecified atom stereocenters. The molecule has 5 amide bonds. The van der Waals surface area contributed by atoms with Crippen LogP contribution in [0.2, 0.25) is 5.02 Å². The van der Waals surface area contributed by atoms with Gasteiger partial charge in [0, 0.05) is 58.7 Å². The predicted molar refractivity (Wildman–Crippen MR) is 215 cm³/mol. The Kier molecular flexibility index (Phi) is 14.3. The summed E-state index contributed by atoms with van der Waals surface area (Å²) in [5.41, 5.74) is -1.05. The second-order valence-corrected chi connectivity index (χ2v) is 16.3. The fourth-order valence-electron chi connectivity index (χ4n) is 7.77. The van der Waals surface area contributed by atoms with Gasteiger partial charge in [-0.15, -0.1) is 0 Å². The SMILES string of the molecule is COc1cc2cc(c1Cl)N(C)C(=O)C[C@H](OC(=O)[C@H](C)N(C)C(=O)CCCCCN1C(=O)C=CC1=O)[C@]1(C)O[C@H]1[C@H](C)[C@@H]1C[C@@](O)(NC(=O)O1)[C@H](OC)C=CC=C(C)C2. The number of hydrogen-bond donors (Lipinski definition) is 2. The molecule has 59 heavy (non-hydrogen) atoms. The number of allylic oxidation sites excluding steroid dienone is 3. The number of unbranched alkanes of at least 4 members (excludes halogenated alkanes) is 2. The lowest BCUT2D eigenvalue weighted by Crippen LogP contribution is -2.63. The number of anilines is 1. The van der Waals surface area contributed by atoms with Gasteiger partial charge in [-0.3, -0.25) is 29.4 Å². The summed E-state index contributed by atoms with van der Waals surface area (Å²) in [6.45, 7) is 7.16. The molecule has 0 radical (unpaired) electrons. The number of likely N-dealkylation sites (N-methyl/N-ethyl adjacent to an activating group) is 1. The van der Waals surface area contributed by atoms with E-state index < -0.39 is 65.7 Å². The fraction of sp³-hybridized carbons (Fsp3) is 0.571. The highest BCUT2D eigenvalue weighted by molar-refractivity contribution is 6.35. The molecule has 1 aromatic rings. The number of halogens is 1. The maximum Gasteiger partial charge on any atom is 0.409 e. The lowest BCUT2D eigenvalue weighted by Gasteiger charge is -2.42. The minimum atomic E-state index is -1.85. The number of nitrogens with one attached hydrogen (secondary N) is 1. The zero-order chi connectivity index (χ0) is 43.4. The van der Waals surface area contributed by atoms with E-state index >= 15 is 0 Å². The van der Waals surface area contributed by atoms with E-state index in [2.05, 4.69) is 5.32 Å². The summed E-state index contributed by atoms with van der Waals surface area (Å²) in [5, 5.41) is 14.5. The molecule has 17 heteroatoms. The molecule has 2 saturated heterocycles. The third kappa shape index (κ3) is 10.2. The van der Waals surface area contributed by atoms with Crippen LogP contribution in [0.3, 0.4) is 0 Å². The van der Waals surface area contributed by atoms with E-state index in [0.717, 1.165) is 16.0 Å². The maximum absolute atomic E-state index is 14.2. The van der Waals surface area contributed by atoms with E-state index in [1.807, 2.05) is 13.0 Å². The van der Waals surface area contributed by atoms with Gasteiger partial charge in [-0.25, -0.2) is 9.59 Å². The van der Waals surface area contributed by atoms with Gasteiger partial charge in [0.15, 0.2) is 5.72 Å². The van der Waals surface area contributed by atoms with Crippen LogP contribution in [0.5, 0.6) is 5.75 Å². The van der Waals surface area contributed by atoms with E-state index in [9.17, 15) is 33.9 Å². The number of hydrogen-bond acceptors (Lipinski definition) is 12. The van der Waals surface area contributed by atoms with Crippen molar-refractivity contribution >= 4 is 53.0 Å². The molecule has 2 N–H and O–H groups in total. The Morgan fingerprint density at radius 3 is 2.47 bits per heavy atom. The van der Waals surface area contributed by atoms with Gasteiger partial charge in [-0.2, -0.15) is 0 Å². The Bertz CT molecular complexity index is 1900. The Morgan fingerprint density at radius 1 is 1.12 bits per heavy atom. The Hall–Kier alpha value is -4.77. The molecule has 322 valence electrons. The van der Waals surface area contributed by atoms with Crippen molar-refractivity contribution in [1.82, 2.24) is 15.1 Å². The van der Waals surface area contributed by atoms with Crippen LogP contribution in [0.4, 0.5) is 10.5 Å². The predicted octanol–water partition coefficient (Wildman–Crippen LogP) is 4.00. The number of carbonyl (C=O) groups excluding carboxylic acids is 6. The topological polar surface area (TPSA) is 194 Å². The number of benzene rings is 1. The number of amides is 5. The van der Waals surface area contributed by atoms with Crippen LogP contribution in [0.15, 0.2) is 48.1 Å². The first-order valence-corrected chi connectivity index (χ1v) is 20.1. The van der Waals surface area contributed by atoms with Crippen molar-refractivity contribution in [2.45, 2.75) is 114 Å². The van der Waals surface area contributed by atoms with E-state index in [4.69, 9.17) is 35.3 Å². The molecule has 4 heterocycles. The van der Waals surface area contributed by atoms with Crippen molar-refractivity contribution < 1.29 is 57.6 Å². The van der Waals surface area contributed by atoms with E-state index in [0.29, 0.717) is 37.1 Å². The van der Waals surface area contributed by atoms with Crippen molar-refractivity contribution in [3.63, 3.8) is 0 Å². The van der Waals surface area contributed by atoms with Crippen LogP contribution in [0.1, 0.15) is 71.8 Å². The van der Waals surface area contributed by atoms with E-state index in [-0.39, 0.29) is 48.6 Å². The molecule has 0 aliphatic carbocycles. The van der Waals surface area contributed by atoms with Gasteiger partial charge >= 0.3 is 12.1 Å². The van der Waals surface area contributed by atoms with E-state index in [1.54, 1.807) is 45.2 Å². The smallest absolute Gasteiger partial charge is 0.409 e. The molecular formula is C42H55ClN4O12. The first kappa shape index (κ1) is 45.3. The molecule has 4 bridgehead atoms. The Labute approximate surface area is 349 Å². The normalized spacial score (nSPS) is 29.0. The fourth-order valence-corrected chi connectivity index (χ4v) is 8.08. The molecule has 16 nitrogen and oxygen atoms in total. The van der Waals surface area contributed by atoms with Gasteiger partial charge in [0.2, 0.25) is 11.8 Å². The number of esters is 1. The lowest BCUT2D eigenvalue weighted by atomic mass is 9.83. The van der Waals surface area contributed by atoms with Gasteiger partial charge in [-0.05, 0) is 57.7 Å². The first-order valence-electron chi connectivity index (χ1n) is 19.7. The number of alkyl carbamates (subject to hydrolysis) is 1. The highest BCUT2D eigenvalue weighted by Gasteiger charge is 2.64. The molecule has 0 aromatic heterocycles. The van der Waals surface area contributed by atoms with Crippen molar-refractivity contribution in [2.75, 3.05) is 39.8 Å². The summed E-state index contributed by atoms with van der Waals surface area (Å²) in [4.78, 5) is 81.6. The zero-order valence-electron chi connectivity index (χ0n) is 34.8. The largest absolute Gasteiger partial charge is 0.495 e. The van der Waals surface area contributed by atoms with Crippen LogP contribution < -0.4 is 15.0 Å². The van der Waals surface area contributed by atoms with Crippen LogP contribution >= 0.6 is 11.6 Å². The number of nitrogens with zero attached hydrogens (tertiary/aromatic N) is 3. The average Bonchev–Trinajstić information content (AvgIpc) is 3.79. The number of ether oxygens (including phenoxy) is 5. The van der Waals surface area contributed by atoms with Crippen molar-refractivity contribution in [3.8, 4) is 5.75 Å². The summed E-state index contributed by atoms with van der Waals surface area (Å²) < 4.78 is 29.3. The molecule has 0 saturated carbocycles. The van der Waals surface area contributed by atoms with Crippen LogP contribution in [0, 0.1) is 5.92 Å². The first-order chi connectivity index (χ1) is 27.8. The molecular weight excluding hydrogens is 788 g/mol. The van der Waals surface area contributed by atoms with Crippen molar-refractivity contribution in [3.05, 3.63) is 58.7 Å². The minimum Gasteiger partial charge on any atom is -0.495 e. The number of carbonyl (C=O) groups is 6. The standard InChI is InChI=1S/C42H55ClN4O12/c1-24-13-12-14-31(56-8)42(54)23-30(57-40(53)44-42)25(2)38-41(4,59-38)32(22-36(51)46(6)28-20-27(19-24)21-29(55-7)37(28)43)58-39(52)26(3)45(5)33(48)15-10-9-11-18-47-34(49)16-17-35(47)50/h12-14,16-17,20-21,25-26,30-32,38,54H,9-11,15,18-19,22-23H2,1-8H3,(H,44,53)/t25-,26+,30+,31-,32+,38+,41+,42+/m1/s1. The third-order valence-electron chi connectivity index (χ3n) is 11.7. The maximum atomic E-state index is 14.2. The number of aliphatic hydroxyl groups is 1. The number of rotatable bonds is 11. The molecule has 2 fully saturated rings. The highest BCUT2D eigenvalue weighted by Crippen LogP contribution is 2.49. The average molecular weight is 843 g/mol. The molecule has 1 aromatic carbocycles. The van der Waals surface area contributed by atoms with Crippen LogP contribution in [-0.4, -0.2) is 127 Å². The van der Waals surface area contributed by atoms with Crippen LogP contribution in [-0.2, 0) is 49.3 Å². The van der Waals surface area contributed by atoms with Crippen molar-refractivity contribution in [1.29, 1.82) is 0 Å². The summed E-state index contributed by atoms with van der Waals surface area (Å²) in [5.74, 6) is -2.49. The molecule has 0 spiro atoms. The van der Waals surface area contributed by atoms with E-state index in [1.165, 1.54) is 50.1 Å². The van der Waals surface area contributed by atoms with Crippen LogP contribution in [0.25, 0.3) is 0 Å². The van der Waals surface area contributed by atoms with Gasteiger partial charge in [0.1, 0.15) is 40.7 Å². The number of fused-ring (bicyclic) bond motifs is 5. The summed E-state index contributed by atoms with van der Waals surface area (Å²) in [7, 11) is 5.94. The lowest BCUT2D eigenvalue weighted by molar-refractivity contribution is -0.162. The number of methoxy groups -OCH3 is 2. The number of imide groups is 1. The van der Waals surface area contributed by atoms with Gasteiger partial charge in [0.25, 0.3) is 11.8 Å². The van der Waals surface area contributed by atoms with Gasteiger partial charge < -0.3 is 38.6 Å². The molecule has 4 aliphatic rings. The van der Waals surface area contributed by atoms with Gasteiger partial charge in [-0.1, -0.05) is 48.7 Å².